The molecule has 134 valence electrons. The number of alkyl halides is 3. The number of hydrogen-bond donors (Lipinski definition) is 2. The maximum atomic E-state index is 13.3. The van der Waals surface area contributed by atoms with Gasteiger partial charge in [0.15, 0.2) is 0 Å². The molecular formula is C19H20F3NO2. The molecule has 0 saturated carbocycles. The van der Waals surface area contributed by atoms with Gasteiger partial charge in [-0.15, -0.1) is 0 Å². The molecule has 2 atom stereocenters. The zero-order chi connectivity index (χ0) is 17.9. The van der Waals surface area contributed by atoms with Gasteiger partial charge in [-0.2, -0.15) is 13.2 Å². The minimum absolute atomic E-state index is 0.0514. The molecule has 2 N–H and O–H groups in total. The summed E-state index contributed by atoms with van der Waals surface area (Å²) in [7, 11) is 0. The number of benzene rings is 2. The maximum Gasteiger partial charge on any atom is 0.416 e. The molecule has 1 aliphatic heterocycles. The van der Waals surface area contributed by atoms with Crippen molar-refractivity contribution in [3.05, 3.63) is 71.3 Å². The lowest BCUT2D eigenvalue weighted by Crippen LogP contribution is -2.52. The van der Waals surface area contributed by atoms with Crippen LogP contribution in [-0.2, 0) is 22.9 Å². The van der Waals surface area contributed by atoms with Crippen LogP contribution in [0.25, 0.3) is 0 Å². The molecule has 3 nitrogen and oxygen atoms in total. The normalized spacial score (nSPS) is 20.9. The van der Waals surface area contributed by atoms with Crippen molar-refractivity contribution in [3.8, 4) is 0 Å². The maximum absolute atomic E-state index is 13.3. The van der Waals surface area contributed by atoms with Crippen LogP contribution >= 0.6 is 0 Å². The Morgan fingerprint density at radius 3 is 2.36 bits per heavy atom. The Labute approximate surface area is 144 Å². The summed E-state index contributed by atoms with van der Waals surface area (Å²) in [6.45, 7) is 1.43. The molecule has 0 spiro atoms. The van der Waals surface area contributed by atoms with Gasteiger partial charge in [-0.1, -0.05) is 48.5 Å². The highest BCUT2D eigenvalue weighted by atomic mass is 19.4. The molecule has 0 radical (unpaired) electrons. The Kier molecular flexibility index (Phi) is 5.13. The van der Waals surface area contributed by atoms with Crippen LogP contribution < -0.4 is 5.32 Å². The van der Waals surface area contributed by atoms with Gasteiger partial charge in [0, 0.05) is 19.5 Å². The van der Waals surface area contributed by atoms with E-state index in [1.165, 1.54) is 12.1 Å². The van der Waals surface area contributed by atoms with E-state index in [4.69, 9.17) is 4.74 Å². The first kappa shape index (κ1) is 17.9. The van der Waals surface area contributed by atoms with E-state index < -0.39 is 23.4 Å². The Hall–Kier alpha value is -1.89. The second-order valence-electron chi connectivity index (χ2n) is 6.19. The number of ether oxygens (including phenoxy) is 1. The second kappa shape index (κ2) is 7.15. The van der Waals surface area contributed by atoms with Crippen LogP contribution in [-0.4, -0.2) is 30.9 Å². The average molecular weight is 351 g/mol. The Balaban J connectivity index is 2.02. The van der Waals surface area contributed by atoms with Crippen molar-refractivity contribution in [3.63, 3.8) is 0 Å². The summed E-state index contributed by atoms with van der Waals surface area (Å²) < 4.78 is 45.7. The van der Waals surface area contributed by atoms with E-state index in [2.05, 4.69) is 5.32 Å². The molecule has 6 heteroatoms. The lowest BCUT2D eigenvalue weighted by atomic mass is 9.81. The van der Waals surface area contributed by atoms with Gasteiger partial charge in [0.25, 0.3) is 0 Å². The summed E-state index contributed by atoms with van der Waals surface area (Å²) in [6.07, 6.45) is -5.29. The molecule has 3 rings (SSSR count). The van der Waals surface area contributed by atoms with Gasteiger partial charge in [0.2, 0.25) is 0 Å². The minimum Gasteiger partial charge on any atom is -0.382 e. The van der Waals surface area contributed by atoms with Crippen LogP contribution in [0.1, 0.15) is 16.7 Å². The molecule has 2 aromatic rings. The Bertz CT molecular complexity index is 699. The van der Waals surface area contributed by atoms with E-state index in [1.54, 1.807) is 36.4 Å². The monoisotopic (exact) mass is 351 g/mol. The second-order valence-corrected chi connectivity index (χ2v) is 6.19. The van der Waals surface area contributed by atoms with Crippen LogP contribution in [0, 0.1) is 0 Å². The molecule has 0 amide bonds. The number of nitrogens with one attached hydrogen (secondary N) is 1. The number of rotatable bonds is 4. The van der Waals surface area contributed by atoms with Crippen molar-refractivity contribution >= 4 is 0 Å². The van der Waals surface area contributed by atoms with Crippen LogP contribution in [0.5, 0.6) is 0 Å². The highest BCUT2D eigenvalue weighted by Gasteiger charge is 2.43. The number of aliphatic hydroxyl groups is 1. The van der Waals surface area contributed by atoms with Crippen LogP contribution in [0.2, 0.25) is 0 Å². The van der Waals surface area contributed by atoms with Gasteiger partial charge in [-0.25, -0.2) is 0 Å². The molecular weight excluding hydrogens is 331 g/mol. The predicted molar refractivity (Wildman–Crippen MR) is 88.1 cm³/mol. The van der Waals surface area contributed by atoms with Crippen LogP contribution in [0.15, 0.2) is 54.6 Å². The number of morpholine rings is 1. The van der Waals surface area contributed by atoms with Gasteiger partial charge < -0.3 is 15.2 Å². The van der Waals surface area contributed by atoms with E-state index in [9.17, 15) is 18.3 Å². The summed E-state index contributed by atoms with van der Waals surface area (Å²) in [6, 6.07) is 14.1. The van der Waals surface area contributed by atoms with Gasteiger partial charge in [0.1, 0.15) is 11.7 Å². The van der Waals surface area contributed by atoms with Crippen LogP contribution in [0.3, 0.4) is 0 Å². The molecule has 2 aromatic carbocycles. The fraction of sp³-hybridized carbons (Fsp3) is 0.368. The molecule has 0 aromatic heterocycles. The van der Waals surface area contributed by atoms with E-state index in [-0.39, 0.29) is 12.0 Å². The lowest BCUT2D eigenvalue weighted by Gasteiger charge is -2.39. The van der Waals surface area contributed by atoms with Crippen molar-refractivity contribution < 1.29 is 23.0 Å². The van der Waals surface area contributed by atoms with E-state index in [0.717, 1.165) is 6.07 Å². The first-order chi connectivity index (χ1) is 11.9. The minimum atomic E-state index is -4.47. The van der Waals surface area contributed by atoms with Gasteiger partial charge in [-0.05, 0) is 17.2 Å². The third-order valence-corrected chi connectivity index (χ3v) is 4.52. The van der Waals surface area contributed by atoms with Gasteiger partial charge >= 0.3 is 6.18 Å². The molecule has 1 heterocycles. The molecule has 25 heavy (non-hydrogen) atoms. The summed E-state index contributed by atoms with van der Waals surface area (Å²) in [5, 5.41) is 14.6. The van der Waals surface area contributed by atoms with Gasteiger partial charge in [0.05, 0.1) is 12.2 Å². The molecule has 1 fully saturated rings. The lowest BCUT2D eigenvalue weighted by molar-refractivity contribution is -0.141. The van der Waals surface area contributed by atoms with Gasteiger partial charge in [-0.3, -0.25) is 0 Å². The topological polar surface area (TPSA) is 41.5 Å². The van der Waals surface area contributed by atoms with Crippen molar-refractivity contribution in [1.82, 2.24) is 5.32 Å². The number of hydrogen-bond acceptors (Lipinski definition) is 3. The molecule has 1 unspecified atom stereocenters. The smallest absolute Gasteiger partial charge is 0.382 e. The highest BCUT2D eigenvalue weighted by molar-refractivity contribution is 5.34. The Morgan fingerprint density at radius 1 is 1.04 bits per heavy atom. The van der Waals surface area contributed by atoms with E-state index >= 15 is 0 Å². The third kappa shape index (κ3) is 3.86. The first-order valence-electron chi connectivity index (χ1n) is 8.16. The summed E-state index contributed by atoms with van der Waals surface area (Å²) in [4.78, 5) is 0. The molecule has 0 aliphatic carbocycles. The largest absolute Gasteiger partial charge is 0.416 e. The van der Waals surface area contributed by atoms with Crippen molar-refractivity contribution in [1.29, 1.82) is 0 Å². The van der Waals surface area contributed by atoms with E-state index in [0.29, 0.717) is 25.3 Å². The standard InChI is InChI=1S/C19H20F3NO2/c20-19(21,22)16-9-5-4-6-14(16)12-18(24,15-7-2-1-3-8-15)17-13-23-10-11-25-17/h1-9,17,23-24H,10-13H2/t17-,18?/m0/s1. The zero-order valence-corrected chi connectivity index (χ0v) is 13.6. The van der Waals surface area contributed by atoms with Crippen molar-refractivity contribution in [2.45, 2.75) is 24.3 Å². The average Bonchev–Trinajstić information content (AvgIpc) is 2.63. The summed E-state index contributed by atoms with van der Waals surface area (Å²) in [5.41, 5.74) is -1.69. The fourth-order valence-electron chi connectivity index (χ4n) is 3.24. The fourth-order valence-corrected chi connectivity index (χ4v) is 3.24. The SMILES string of the molecule is OC(Cc1ccccc1C(F)(F)F)(c1ccccc1)[C@@H]1CNCCO1. The molecule has 1 aliphatic rings. The molecule has 1 saturated heterocycles. The highest BCUT2D eigenvalue weighted by Crippen LogP contribution is 2.37. The van der Waals surface area contributed by atoms with Crippen molar-refractivity contribution in [2.75, 3.05) is 19.7 Å². The van der Waals surface area contributed by atoms with Crippen molar-refractivity contribution in [2.24, 2.45) is 0 Å². The first-order valence-corrected chi connectivity index (χ1v) is 8.16. The Morgan fingerprint density at radius 2 is 1.72 bits per heavy atom. The quantitative estimate of drug-likeness (QED) is 0.889. The third-order valence-electron chi connectivity index (χ3n) is 4.52. The van der Waals surface area contributed by atoms with Crippen LogP contribution in [0.4, 0.5) is 13.2 Å². The van der Waals surface area contributed by atoms with E-state index in [1.807, 2.05) is 0 Å². The predicted octanol–water partition coefficient (Wildman–Crippen LogP) is 3.12. The molecule has 0 bridgehead atoms. The summed E-state index contributed by atoms with van der Waals surface area (Å²) >= 11 is 0. The summed E-state index contributed by atoms with van der Waals surface area (Å²) in [5.74, 6) is 0. The number of halogens is 3. The zero-order valence-electron chi connectivity index (χ0n) is 13.6.